The third kappa shape index (κ3) is 1.43. The van der Waals surface area contributed by atoms with Crippen LogP contribution < -0.4 is 5.32 Å². The number of hydrogen-bond donors (Lipinski definition) is 1. The molecule has 0 saturated heterocycles. The average Bonchev–Trinajstić information content (AvgIpc) is 2.58. The molecule has 1 aromatic rings. The van der Waals surface area contributed by atoms with Crippen LogP contribution in [0.25, 0.3) is 0 Å². The highest BCUT2D eigenvalue weighted by molar-refractivity contribution is 7.12. The van der Waals surface area contributed by atoms with Gasteiger partial charge in [-0.1, -0.05) is 6.07 Å². The maximum absolute atomic E-state index is 4.39. The van der Waals surface area contributed by atoms with Gasteiger partial charge >= 0.3 is 0 Å². The zero-order chi connectivity index (χ0) is 7.52. The first-order valence-electron chi connectivity index (χ1n) is 3.79. The Morgan fingerprint density at radius 1 is 1.55 bits per heavy atom. The van der Waals surface area contributed by atoms with Crippen LogP contribution in [0.15, 0.2) is 22.5 Å². The molecule has 0 bridgehead atoms. The SMILES string of the molecule is c1csc(C2=NCCCN2)c1. The normalized spacial score (nSPS) is 17.3. The minimum Gasteiger partial charge on any atom is -0.369 e. The van der Waals surface area contributed by atoms with E-state index < -0.39 is 0 Å². The first kappa shape index (κ1) is 6.85. The highest BCUT2D eigenvalue weighted by atomic mass is 32.1. The average molecular weight is 166 g/mol. The third-order valence-electron chi connectivity index (χ3n) is 1.65. The van der Waals surface area contributed by atoms with Gasteiger partial charge < -0.3 is 5.32 Å². The molecular formula is C8H10N2S. The second-order valence-electron chi connectivity index (χ2n) is 2.49. The number of rotatable bonds is 1. The van der Waals surface area contributed by atoms with Gasteiger partial charge in [-0.3, -0.25) is 4.99 Å². The van der Waals surface area contributed by atoms with Crippen LogP contribution in [0.4, 0.5) is 0 Å². The Bertz CT molecular complexity index is 251. The number of nitrogens with one attached hydrogen (secondary N) is 1. The van der Waals surface area contributed by atoms with Crippen LogP contribution in [0.5, 0.6) is 0 Å². The van der Waals surface area contributed by atoms with Gasteiger partial charge in [0.15, 0.2) is 0 Å². The highest BCUT2D eigenvalue weighted by Gasteiger charge is 2.06. The van der Waals surface area contributed by atoms with Crippen molar-refractivity contribution in [2.75, 3.05) is 13.1 Å². The van der Waals surface area contributed by atoms with E-state index in [0.29, 0.717) is 0 Å². The quantitative estimate of drug-likeness (QED) is 0.671. The van der Waals surface area contributed by atoms with Crippen molar-refractivity contribution in [3.63, 3.8) is 0 Å². The fourth-order valence-corrected chi connectivity index (χ4v) is 1.82. The van der Waals surface area contributed by atoms with Crippen LogP contribution in [0, 0.1) is 0 Å². The minimum atomic E-state index is 0.972. The van der Waals surface area contributed by atoms with Gasteiger partial charge in [-0.15, -0.1) is 11.3 Å². The van der Waals surface area contributed by atoms with Crippen molar-refractivity contribution in [2.45, 2.75) is 6.42 Å². The number of amidine groups is 1. The second kappa shape index (κ2) is 3.05. The van der Waals surface area contributed by atoms with Gasteiger partial charge in [0.2, 0.25) is 0 Å². The van der Waals surface area contributed by atoms with Crippen molar-refractivity contribution in [3.8, 4) is 0 Å². The molecule has 2 rings (SSSR count). The molecule has 0 fully saturated rings. The largest absolute Gasteiger partial charge is 0.369 e. The zero-order valence-electron chi connectivity index (χ0n) is 6.21. The molecule has 58 valence electrons. The highest BCUT2D eigenvalue weighted by Crippen LogP contribution is 2.10. The van der Waals surface area contributed by atoms with Crippen LogP contribution in [-0.2, 0) is 0 Å². The summed E-state index contributed by atoms with van der Waals surface area (Å²) in [5.41, 5.74) is 0. The van der Waals surface area contributed by atoms with E-state index in [-0.39, 0.29) is 0 Å². The van der Waals surface area contributed by atoms with E-state index in [1.165, 1.54) is 4.88 Å². The molecule has 0 atom stereocenters. The number of hydrogen-bond acceptors (Lipinski definition) is 3. The molecule has 2 nitrogen and oxygen atoms in total. The van der Waals surface area contributed by atoms with Crippen molar-refractivity contribution in [1.29, 1.82) is 0 Å². The molecule has 0 aromatic carbocycles. The van der Waals surface area contributed by atoms with E-state index in [2.05, 4.69) is 27.8 Å². The molecule has 3 heteroatoms. The van der Waals surface area contributed by atoms with Crippen LogP contribution in [0.1, 0.15) is 11.3 Å². The summed E-state index contributed by atoms with van der Waals surface area (Å²) in [6, 6.07) is 4.15. The topological polar surface area (TPSA) is 24.4 Å². The van der Waals surface area contributed by atoms with Crippen LogP contribution in [0.2, 0.25) is 0 Å². The van der Waals surface area contributed by atoms with Gasteiger partial charge in [0.1, 0.15) is 5.84 Å². The molecular weight excluding hydrogens is 156 g/mol. The van der Waals surface area contributed by atoms with Crippen LogP contribution >= 0.6 is 11.3 Å². The molecule has 11 heavy (non-hydrogen) atoms. The molecule has 1 aliphatic rings. The smallest absolute Gasteiger partial charge is 0.138 e. The molecule has 1 aromatic heterocycles. The first-order valence-corrected chi connectivity index (χ1v) is 4.67. The summed E-state index contributed by atoms with van der Waals surface area (Å²) >= 11 is 1.74. The Labute approximate surface area is 70.0 Å². The molecule has 1 aliphatic heterocycles. The number of nitrogens with zero attached hydrogens (tertiary/aromatic N) is 1. The van der Waals surface area contributed by atoms with Crippen molar-refractivity contribution < 1.29 is 0 Å². The Kier molecular flexibility index (Phi) is 1.90. The summed E-state index contributed by atoms with van der Waals surface area (Å²) in [7, 11) is 0. The van der Waals surface area contributed by atoms with E-state index in [4.69, 9.17) is 0 Å². The summed E-state index contributed by atoms with van der Waals surface area (Å²) < 4.78 is 0. The van der Waals surface area contributed by atoms with Gasteiger partial charge in [-0.25, -0.2) is 0 Å². The number of aliphatic imine (C=N–C) groups is 1. The summed E-state index contributed by atoms with van der Waals surface area (Å²) in [5.74, 6) is 1.08. The second-order valence-corrected chi connectivity index (χ2v) is 3.44. The minimum absolute atomic E-state index is 0.972. The van der Waals surface area contributed by atoms with E-state index in [1.54, 1.807) is 11.3 Å². The van der Waals surface area contributed by atoms with Crippen molar-refractivity contribution in [3.05, 3.63) is 22.4 Å². The van der Waals surface area contributed by atoms with Gasteiger partial charge in [-0.05, 0) is 17.9 Å². The summed E-state index contributed by atoms with van der Waals surface area (Å²) in [6.45, 7) is 2.04. The monoisotopic (exact) mass is 166 g/mol. The lowest BCUT2D eigenvalue weighted by Gasteiger charge is -2.12. The lowest BCUT2D eigenvalue weighted by atomic mass is 10.3. The Morgan fingerprint density at radius 2 is 2.55 bits per heavy atom. The lowest BCUT2D eigenvalue weighted by molar-refractivity contribution is 0.743. The molecule has 0 saturated carbocycles. The summed E-state index contributed by atoms with van der Waals surface area (Å²) in [4.78, 5) is 5.64. The zero-order valence-corrected chi connectivity index (χ0v) is 7.03. The van der Waals surface area contributed by atoms with Crippen LogP contribution in [-0.4, -0.2) is 18.9 Å². The van der Waals surface area contributed by atoms with Crippen LogP contribution in [0.3, 0.4) is 0 Å². The molecule has 1 N–H and O–H groups in total. The van der Waals surface area contributed by atoms with E-state index >= 15 is 0 Å². The molecule has 0 radical (unpaired) electrons. The van der Waals surface area contributed by atoms with E-state index in [0.717, 1.165) is 25.3 Å². The molecule has 0 amide bonds. The number of thiophene rings is 1. The van der Waals surface area contributed by atoms with Gasteiger partial charge in [0, 0.05) is 13.1 Å². The Hall–Kier alpha value is -0.830. The maximum Gasteiger partial charge on any atom is 0.138 e. The predicted octanol–water partition coefficient (Wildman–Crippen LogP) is 1.49. The lowest BCUT2D eigenvalue weighted by Crippen LogP contribution is -2.29. The molecule has 0 aliphatic carbocycles. The molecule has 0 unspecified atom stereocenters. The molecule has 0 spiro atoms. The third-order valence-corrected chi connectivity index (χ3v) is 2.53. The fourth-order valence-electron chi connectivity index (χ4n) is 1.11. The van der Waals surface area contributed by atoms with Gasteiger partial charge in [0.25, 0.3) is 0 Å². The maximum atomic E-state index is 4.39. The standard InChI is InChI=1S/C8H10N2S/c1-3-7(11-6-1)8-9-4-2-5-10-8/h1,3,6H,2,4-5H2,(H,9,10). The fraction of sp³-hybridized carbons (Fsp3) is 0.375. The Balaban J connectivity index is 2.22. The molecule has 2 heterocycles. The predicted molar refractivity (Wildman–Crippen MR) is 48.3 cm³/mol. The van der Waals surface area contributed by atoms with Gasteiger partial charge in [-0.2, -0.15) is 0 Å². The van der Waals surface area contributed by atoms with Crippen molar-refractivity contribution in [2.24, 2.45) is 4.99 Å². The Morgan fingerprint density at radius 3 is 3.18 bits per heavy atom. The van der Waals surface area contributed by atoms with Gasteiger partial charge in [0.05, 0.1) is 4.88 Å². The van der Waals surface area contributed by atoms with Crippen molar-refractivity contribution >= 4 is 17.2 Å². The summed E-state index contributed by atoms with van der Waals surface area (Å²) in [6.07, 6.45) is 1.16. The first-order chi connectivity index (χ1) is 5.47. The van der Waals surface area contributed by atoms with E-state index in [9.17, 15) is 0 Å². The van der Waals surface area contributed by atoms with E-state index in [1.807, 2.05) is 0 Å². The van der Waals surface area contributed by atoms with Crippen molar-refractivity contribution in [1.82, 2.24) is 5.32 Å². The summed E-state index contributed by atoms with van der Waals surface area (Å²) in [5, 5.41) is 5.36.